The molecular formula is C17H22FN3O3S. The Balaban J connectivity index is 1.60. The first-order valence-electron chi connectivity index (χ1n) is 8.58. The number of rotatable bonds is 3. The highest BCUT2D eigenvalue weighted by molar-refractivity contribution is 7.90. The van der Waals surface area contributed by atoms with Crippen LogP contribution in [0.5, 0.6) is 0 Å². The standard InChI is InChI=1S/C17H22FN3O3S/c1-19-10-16(22)21(14-4-2-3-13(18)9-14)12-17(19)7-8-20(11-17)25(23,24)15-5-6-15/h2-4,9,15H,5-8,10-12H2,1H3/t17-/m1/s1. The number of hydrogen-bond acceptors (Lipinski definition) is 4. The monoisotopic (exact) mass is 367 g/mol. The minimum Gasteiger partial charge on any atom is -0.309 e. The molecule has 6 nitrogen and oxygen atoms in total. The van der Waals surface area contributed by atoms with Crippen molar-refractivity contribution in [2.75, 3.05) is 38.1 Å². The maximum atomic E-state index is 13.6. The molecule has 0 unspecified atom stereocenters. The summed E-state index contributed by atoms with van der Waals surface area (Å²) in [4.78, 5) is 16.0. The fourth-order valence-electron chi connectivity index (χ4n) is 3.89. The van der Waals surface area contributed by atoms with Gasteiger partial charge in [-0.15, -0.1) is 0 Å². The van der Waals surface area contributed by atoms with Crippen molar-refractivity contribution in [2.45, 2.75) is 30.1 Å². The molecule has 1 aliphatic carbocycles. The predicted molar refractivity (Wildman–Crippen MR) is 92.2 cm³/mol. The van der Waals surface area contributed by atoms with E-state index in [4.69, 9.17) is 0 Å². The maximum absolute atomic E-state index is 13.6. The van der Waals surface area contributed by atoms with Crippen molar-refractivity contribution < 1.29 is 17.6 Å². The van der Waals surface area contributed by atoms with Crippen molar-refractivity contribution in [1.82, 2.24) is 9.21 Å². The number of benzene rings is 1. The van der Waals surface area contributed by atoms with E-state index in [1.807, 2.05) is 11.9 Å². The summed E-state index contributed by atoms with van der Waals surface area (Å²) in [6.07, 6.45) is 2.17. The molecule has 0 aromatic heterocycles. The van der Waals surface area contributed by atoms with Gasteiger partial charge in [-0.25, -0.2) is 12.8 Å². The minimum absolute atomic E-state index is 0.0952. The lowest BCUT2D eigenvalue weighted by molar-refractivity contribution is -0.123. The Labute approximate surface area is 147 Å². The van der Waals surface area contributed by atoms with Gasteiger partial charge in [0.15, 0.2) is 0 Å². The SMILES string of the molecule is CN1CC(=O)N(c2cccc(F)c2)C[C@]12CCN(S(=O)(=O)C1CC1)C2. The summed E-state index contributed by atoms with van der Waals surface area (Å²) < 4.78 is 40.3. The van der Waals surface area contributed by atoms with Crippen molar-refractivity contribution in [3.63, 3.8) is 0 Å². The molecule has 0 bridgehead atoms. The van der Waals surface area contributed by atoms with Crippen LogP contribution in [-0.4, -0.2) is 67.5 Å². The highest BCUT2D eigenvalue weighted by atomic mass is 32.2. The summed E-state index contributed by atoms with van der Waals surface area (Å²) >= 11 is 0. The number of carbonyl (C=O) groups is 1. The molecule has 1 aromatic rings. The fourth-order valence-corrected chi connectivity index (χ4v) is 5.81. The Kier molecular flexibility index (Phi) is 3.90. The molecule has 1 saturated carbocycles. The van der Waals surface area contributed by atoms with Crippen LogP contribution in [0.1, 0.15) is 19.3 Å². The van der Waals surface area contributed by atoms with Gasteiger partial charge in [0, 0.05) is 25.3 Å². The average molecular weight is 367 g/mol. The van der Waals surface area contributed by atoms with E-state index in [1.54, 1.807) is 21.3 Å². The first-order valence-corrected chi connectivity index (χ1v) is 10.1. The van der Waals surface area contributed by atoms with Crippen LogP contribution in [-0.2, 0) is 14.8 Å². The summed E-state index contributed by atoms with van der Waals surface area (Å²) in [5, 5.41) is -0.225. The fraction of sp³-hybridized carbons (Fsp3) is 0.588. The number of nitrogens with zero attached hydrogens (tertiary/aromatic N) is 3. The number of likely N-dealkylation sites (N-methyl/N-ethyl adjacent to an activating group) is 1. The zero-order chi connectivity index (χ0) is 17.8. The largest absolute Gasteiger partial charge is 0.309 e. The van der Waals surface area contributed by atoms with Crippen molar-refractivity contribution in [2.24, 2.45) is 0 Å². The van der Waals surface area contributed by atoms with Gasteiger partial charge >= 0.3 is 0 Å². The Morgan fingerprint density at radius 1 is 1.24 bits per heavy atom. The lowest BCUT2D eigenvalue weighted by atomic mass is 9.92. The predicted octanol–water partition coefficient (Wildman–Crippen LogP) is 1.04. The second-order valence-electron chi connectivity index (χ2n) is 7.37. The quantitative estimate of drug-likeness (QED) is 0.801. The summed E-state index contributed by atoms with van der Waals surface area (Å²) in [5.41, 5.74) is 0.114. The van der Waals surface area contributed by atoms with Gasteiger partial charge in [0.25, 0.3) is 0 Å². The third-order valence-corrected chi connectivity index (χ3v) is 8.00. The van der Waals surface area contributed by atoms with Crippen LogP contribution >= 0.6 is 0 Å². The summed E-state index contributed by atoms with van der Waals surface area (Å²) in [6, 6.07) is 6.00. The molecule has 1 amide bonds. The van der Waals surface area contributed by atoms with E-state index in [-0.39, 0.29) is 23.5 Å². The topological polar surface area (TPSA) is 60.9 Å². The molecule has 0 radical (unpaired) electrons. The maximum Gasteiger partial charge on any atom is 0.241 e. The Morgan fingerprint density at radius 2 is 2.00 bits per heavy atom. The second kappa shape index (κ2) is 5.75. The van der Waals surface area contributed by atoms with E-state index >= 15 is 0 Å². The molecule has 2 saturated heterocycles. The second-order valence-corrected chi connectivity index (χ2v) is 9.58. The molecule has 3 fully saturated rings. The average Bonchev–Trinajstić information content (AvgIpc) is 3.33. The zero-order valence-corrected chi connectivity index (χ0v) is 15.0. The van der Waals surface area contributed by atoms with Crippen molar-refractivity contribution in [3.8, 4) is 0 Å². The van der Waals surface area contributed by atoms with Gasteiger partial charge in [0.2, 0.25) is 15.9 Å². The summed E-state index contributed by atoms with van der Waals surface area (Å²) in [6.45, 7) is 1.45. The highest BCUT2D eigenvalue weighted by Crippen LogP contribution is 2.38. The van der Waals surface area contributed by atoms with E-state index in [0.29, 0.717) is 31.7 Å². The van der Waals surface area contributed by atoms with Crippen LogP contribution in [0.3, 0.4) is 0 Å². The molecule has 25 heavy (non-hydrogen) atoms. The lowest BCUT2D eigenvalue weighted by Crippen LogP contribution is -2.64. The third-order valence-electron chi connectivity index (χ3n) is 5.66. The Bertz CT molecular complexity index is 811. The minimum atomic E-state index is -3.22. The van der Waals surface area contributed by atoms with Gasteiger partial charge < -0.3 is 4.90 Å². The van der Waals surface area contributed by atoms with Crippen molar-refractivity contribution >= 4 is 21.6 Å². The van der Waals surface area contributed by atoms with Gasteiger partial charge in [-0.1, -0.05) is 6.07 Å². The van der Waals surface area contributed by atoms with Crippen LogP contribution < -0.4 is 4.90 Å². The number of halogens is 1. The zero-order valence-electron chi connectivity index (χ0n) is 14.2. The van der Waals surface area contributed by atoms with E-state index in [0.717, 1.165) is 12.8 Å². The molecule has 2 heterocycles. The van der Waals surface area contributed by atoms with Crippen LogP contribution in [0.15, 0.2) is 24.3 Å². The number of amides is 1. The molecule has 1 aromatic carbocycles. The summed E-state index contributed by atoms with van der Waals surface area (Å²) in [5.74, 6) is -0.482. The Morgan fingerprint density at radius 3 is 2.68 bits per heavy atom. The molecule has 2 aliphatic heterocycles. The van der Waals surface area contributed by atoms with Gasteiger partial charge in [0.1, 0.15) is 5.82 Å². The molecule has 8 heteroatoms. The molecule has 4 rings (SSSR count). The molecular weight excluding hydrogens is 345 g/mol. The van der Waals surface area contributed by atoms with Crippen LogP contribution in [0, 0.1) is 5.82 Å². The molecule has 3 aliphatic rings. The molecule has 0 N–H and O–H groups in total. The van der Waals surface area contributed by atoms with E-state index < -0.39 is 15.6 Å². The highest BCUT2D eigenvalue weighted by Gasteiger charge is 2.52. The molecule has 1 spiro atoms. The van der Waals surface area contributed by atoms with Gasteiger partial charge in [0.05, 0.1) is 17.3 Å². The van der Waals surface area contributed by atoms with Gasteiger partial charge in [-0.2, -0.15) is 4.31 Å². The number of piperazine rings is 1. The van der Waals surface area contributed by atoms with Crippen LogP contribution in [0.2, 0.25) is 0 Å². The van der Waals surface area contributed by atoms with Crippen molar-refractivity contribution in [3.05, 3.63) is 30.1 Å². The van der Waals surface area contributed by atoms with E-state index in [9.17, 15) is 17.6 Å². The molecule has 1 atom stereocenters. The third kappa shape index (κ3) is 2.86. The van der Waals surface area contributed by atoms with Crippen LogP contribution in [0.25, 0.3) is 0 Å². The van der Waals surface area contributed by atoms with Gasteiger partial charge in [-0.3, -0.25) is 9.69 Å². The first kappa shape index (κ1) is 16.9. The smallest absolute Gasteiger partial charge is 0.241 e. The van der Waals surface area contributed by atoms with Crippen molar-refractivity contribution in [1.29, 1.82) is 0 Å². The number of anilines is 1. The normalized spacial score (nSPS) is 28.9. The number of carbonyl (C=O) groups excluding carboxylic acids is 1. The van der Waals surface area contributed by atoms with E-state index in [1.165, 1.54) is 12.1 Å². The number of sulfonamides is 1. The first-order chi connectivity index (χ1) is 11.8. The summed E-state index contributed by atoms with van der Waals surface area (Å²) in [7, 11) is -1.35. The molecule has 136 valence electrons. The van der Waals surface area contributed by atoms with Gasteiger partial charge in [-0.05, 0) is 44.5 Å². The number of hydrogen-bond donors (Lipinski definition) is 0. The lowest BCUT2D eigenvalue weighted by Gasteiger charge is -2.46. The van der Waals surface area contributed by atoms with Crippen LogP contribution in [0.4, 0.5) is 10.1 Å². The Hall–Kier alpha value is -1.51. The van der Waals surface area contributed by atoms with E-state index in [2.05, 4.69) is 0 Å².